The third-order valence-electron chi connectivity index (χ3n) is 2.15. The van der Waals surface area contributed by atoms with E-state index >= 15 is 0 Å². The lowest BCUT2D eigenvalue weighted by Crippen LogP contribution is -2.20. The van der Waals surface area contributed by atoms with Crippen molar-refractivity contribution in [2.75, 3.05) is 24.7 Å². The van der Waals surface area contributed by atoms with Gasteiger partial charge >= 0.3 is 0 Å². The second kappa shape index (κ2) is 5.90. The second-order valence-electron chi connectivity index (χ2n) is 3.22. The average Bonchev–Trinajstić information content (AvgIpc) is 2.50. The fourth-order valence-electron chi connectivity index (χ4n) is 1.39. The van der Waals surface area contributed by atoms with Crippen LogP contribution in [0.4, 0.5) is 0 Å². The zero-order valence-corrected chi connectivity index (χ0v) is 8.33. The van der Waals surface area contributed by atoms with Crippen LogP contribution in [-0.4, -0.2) is 29.6 Å². The summed E-state index contributed by atoms with van der Waals surface area (Å²) in [6.45, 7) is 4.94. The summed E-state index contributed by atoms with van der Waals surface area (Å²) in [6.07, 6.45) is 5.61. The van der Waals surface area contributed by atoms with Crippen molar-refractivity contribution in [1.29, 1.82) is 0 Å². The molecular weight excluding hydrogens is 154 g/mol. The molecule has 0 spiro atoms. The first-order valence-corrected chi connectivity index (χ1v) is 5.89. The van der Waals surface area contributed by atoms with Gasteiger partial charge in [-0.2, -0.15) is 0 Å². The van der Waals surface area contributed by atoms with Crippen molar-refractivity contribution in [3.8, 4) is 0 Å². The highest BCUT2D eigenvalue weighted by atomic mass is 32.2. The van der Waals surface area contributed by atoms with E-state index in [1.807, 2.05) is 0 Å². The molecule has 0 radical (unpaired) electrons. The van der Waals surface area contributed by atoms with Gasteiger partial charge in [0, 0.05) is 18.2 Å². The van der Waals surface area contributed by atoms with Gasteiger partial charge in [0.05, 0.1) is 0 Å². The summed E-state index contributed by atoms with van der Waals surface area (Å²) < 4.78 is 0. The van der Waals surface area contributed by atoms with Crippen molar-refractivity contribution < 1.29 is 0 Å². The number of hydrogen-bond acceptors (Lipinski definition) is 2. The molecule has 1 fully saturated rings. The quantitative estimate of drug-likeness (QED) is 0.588. The Morgan fingerprint density at radius 3 is 2.82 bits per heavy atom. The minimum absolute atomic E-state index is 1.28. The van der Waals surface area contributed by atoms with Gasteiger partial charge in [-0.3, -0.25) is 4.90 Å². The molecule has 0 atom stereocenters. The molecule has 0 aromatic heterocycles. The standard InChI is InChI=1S/C9H19NS/c1-2-3-4-5-6-10-7-8-11-9-10/h2-9H2,1H3. The number of rotatable bonds is 5. The largest absolute Gasteiger partial charge is 0.293 e. The van der Waals surface area contributed by atoms with Gasteiger partial charge < -0.3 is 0 Å². The van der Waals surface area contributed by atoms with Crippen molar-refractivity contribution >= 4 is 11.8 Å². The fraction of sp³-hybridized carbons (Fsp3) is 1.00. The van der Waals surface area contributed by atoms with Gasteiger partial charge in [0.15, 0.2) is 0 Å². The van der Waals surface area contributed by atoms with Crippen LogP contribution in [0.25, 0.3) is 0 Å². The Morgan fingerprint density at radius 2 is 2.18 bits per heavy atom. The SMILES string of the molecule is CCCCCCN1CCSC1. The maximum atomic E-state index is 2.57. The minimum atomic E-state index is 1.28. The first-order chi connectivity index (χ1) is 5.43. The number of hydrogen-bond donors (Lipinski definition) is 0. The highest BCUT2D eigenvalue weighted by Gasteiger charge is 2.09. The molecule has 1 heterocycles. The lowest BCUT2D eigenvalue weighted by Gasteiger charge is -2.12. The second-order valence-corrected chi connectivity index (χ2v) is 4.29. The monoisotopic (exact) mass is 173 g/mol. The normalized spacial score (nSPS) is 19.4. The topological polar surface area (TPSA) is 3.24 Å². The molecule has 0 N–H and O–H groups in total. The highest BCUT2D eigenvalue weighted by Crippen LogP contribution is 2.13. The molecule has 0 aliphatic carbocycles. The Bertz CT molecular complexity index is 89.6. The van der Waals surface area contributed by atoms with Crippen molar-refractivity contribution in [2.24, 2.45) is 0 Å². The van der Waals surface area contributed by atoms with Gasteiger partial charge in [0.25, 0.3) is 0 Å². The molecule has 1 aliphatic rings. The Morgan fingerprint density at radius 1 is 1.27 bits per heavy atom. The van der Waals surface area contributed by atoms with Crippen LogP contribution < -0.4 is 0 Å². The zero-order chi connectivity index (χ0) is 7.94. The Kier molecular flexibility index (Phi) is 5.04. The summed E-state index contributed by atoms with van der Waals surface area (Å²) in [5.74, 6) is 2.64. The van der Waals surface area contributed by atoms with Crippen molar-refractivity contribution in [3.63, 3.8) is 0 Å². The van der Waals surface area contributed by atoms with E-state index in [9.17, 15) is 0 Å². The van der Waals surface area contributed by atoms with E-state index in [1.165, 1.54) is 50.4 Å². The molecule has 1 nitrogen and oxygen atoms in total. The Labute approximate surface area is 74.5 Å². The summed E-state index contributed by atoms with van der Waals surface area (Å²) in [5.41, 5.74) is 0. The molecule has 1 saturated heterocycles. The number of thioether (sulfide) groups is 1. The summed E-state index contributed by atoms with van der Waals surface area (Å²) in [7, 11) is 0. The van der Waals surface area contributed by atoms with Crippen LogP contribution in [0.15, 0.2) is 0 Å². The van der Waals surface area contributed by atoms with Crippen LogP contribution in [0, 0.1) is 0 Å². The van der Waals surface area contributed by atoms with Gasteiger partial charge in [-0.05, 0) is 13.0 Å². The van der Waals surface area contributed by atoms with Gasteiger partial charge in [-0.25, -0.2) is 0 Å². The van der Waals surface area contributed by atoms with Crippen molar-refractivity contribution in [3.05, 3.63) is 0 Å². The fourth-order valence-corrected chi connectivity index (χ4v) is 2.42. The first-order valence-electron chi connectivity index (χ1n) is 4.73. The number of unbranched alkanes of at least 4 members (excludes halogenated alkanes) is 3. The van der Waals surface area contributed by atoms with Crippen LogP contribution in [0.3, 0.4) is 0 Å². The molecule has 1 aliphatic heterocycles. The molecule has 0 unspecified atom stereocenters. The average molecular weight is 173 g/mol. The molecular formula is C9H19NS. The van der Waals surface area contributed by atoms with E-state index < -0.39 is 0 Å². The molecule has 0 amide bonds. The molecule has 0 aromatic rings. The van der Waals surface area contributed by atoms with Crippen molar-refractivity contribution in [1.82, 2.24) is 4.90 Å². The van der Waals surface area contributed by atoms with Crippen molar-refractivity contribution in [2.45, 2.75) is 32.6 Å². The highest BCUT2D eigenvalue weighted by molar-refractivity contribution is 7.99. The summed E-state index contributed by atoms with van der Waals surface area (Å²) in [4.78, 5) is 2.57. The smallest absolute Gasteiger partial charge is 0.0445 e. The van der Waals surface area contributed by atoms with E-state index in [-0.39, 0.29) is 0 Å². The van der Waals surface area contributed by atoms with E-state index in [4.69, 9.17) is 0 Å². The minimum Gasteiger partial charge on any atom is -0.293 e. The van der Waals surface area contributed by atoms with Gasteiger partial charge in [0.1, 0.15) is 0 Å². The van der Waals surface area contributed by atoms with E-state index in [2.05, 4.69) is 23.6 Å². The lowest BCUT2D eigenvalue weighted by molar-refractivity contribution is 0.344. The van der Waals surface area contributed by atoms with Gasteiger partial charge in [-0.1, -0.05) is 26.2 Å². The predicted molar refractivity (Wildman–Crippen MR) is 53.0 cm³/mol. The summed E-state index contributed by atoms with van der Waals surface area (Å²) in [6, 6.07) is 0. The zero-order valence-electron chi connectivity index (χ0n) is 7.51. The first kappa shape index (κ1) is 9.40. The van der Waals surface area contributed by atoms with Gasteiger partial charge in [-0.15, -0.1) is 11.8 Å². The van der Waals surface area contributed by atoms with Gasteiger partial charge in [0.2, 0.25) is 0 Å². The molecule has 2 heteroatoms. The third kappa shape index (κ3) is 4.02. The molecule has 1 rings (SSSR count). The van der Waals surface area contributed by atoms with E-state index in [0.29, 0.717) is 0 Å². The lowest BCUT2D eigenvalue weighted by atomic mass is 10.2. The number of nitrogens with zero attached hydrogens (tertiary/aromatic N) is 1. The Hall–Kier alpha value is 0.310. The maximum Gasteiger partial charge on any atom is 0.0445 e. The third-order valence-corrected chi connectivity index (χ3v) is 3.17. The van der Waals surface area contributed by atoms with Crippen LogP contribution in [0.5, 0.6) is 0 Å². The maximum absolute atomic E-state index is 2.57. The van der Waals surface area contributed by atoms with Crippen LogP contribution in [0.1, 0.15) is 32.6 Å². The summed E-state index contributed by atoms with van der Waals surface area (Å²) in [5, 5.41) is 0. The van der Waals surface area contributed by atoms with E-state index in [1.54, 1.807) is 0 Å². The molecule has 11 heavy (non-hydrogen) atoms. The summed E-state index contributed by atoms with van der Waals surface area (Å²) >= 11 is 2.07. The molecule has 0 saturated carbocycles. The van der Waals surface area contributed by atoms with Crippen LogP contribution >= 0.6 is 11.8 Å². The van der Waals surface area contributed by atoms with Crippen LogP contribution in [0.2, 0.25) is 0 Å². The molecule has 0 bridgehead atoms. The van der Waals surface area contributed by atoms with Crippen LogP contribution in [-0.2, 0) is 0 Å². The predicted octanol–water partition coefficient (Wildman–Crippen LogP) is 2.57. The molecule has 0 aromatic carbocycles. The Balaban J connectivity index is 1.86. The van der Waals surface area contributed by atoms with E-state index in [0.717, 1.165) is 0 Å². The molecule has 66 valence electrons.